The summed E-state index contributed by atoms with van der Waals surface area (Å²) in [6, 6.07) is 0. The van der Waals surface area contributed by atoms with Gasteiger partial charge >= 0.3 is 5.97 Å². The van der Waals surface area contributed by atoms with Crippen molar-refractivity contribution in [3.8, 4) is 0 Å². The minimum absolute atomic E-state index is 0.0267. The van der Waals surface area contributed by atoms with E-state index in [2.05, 4.69) is 19.9 Å². The van der Waals surface area contributed by atoms with E-state index >= 15 is 0 Å². The van der Waals surface area contributed by atoms with Crippen molar-refractivity contribution in [3.63, 3.8) is 0 Å². The number of carboxylic acid groups (broad SMARTS) is 1. The molecule has 40 heavy (non-hydrogen) atoms. The van der Waals surface area contributed by atoms with E-state index in [0.29, 0.717) is 31.3 Å². The van der Waals surface area contributed by atoms with Crippen molar-refractivity contribution in [2.75, 3.05) is 0 Å². The molecule has 5 aliphatic carbocycles. The number of carbonyl (C=O) groups is 4. The molecule has 0 amide bonds. The molecule has 0 saturated heterocycles. The molecule has 1 fully saturated rings. The number of aliphatic carboxylic acids is 1. The number of carboxylic acids is 1. The number of hydrogen-bond acceptors (Lipinski definition) is 4. The van der Waals surface area contributed by atoms with Gasteiger partial charge in [-0.25, -0.2) is 0 Å². The molecule has 0 aromatic carbocycles. The maximum atomic E-state index is 14.4. The smallest absolute Gasteiger partial charge is 0.310 e. The first-order valence-electron chi connectivity index (χ1n) is 14.4. The molecule has 1 N–H and O–H groups in total. The summed E-state index contributed by atoms with van der Waals surface area (Å²) < 4.78 is 0. The third-order valence-electron chi connectivity index (χ3n) is 10.6. The van der Waals surface area contributed by atoms with Crippen LogP contribution in [0.4, 0.5) is 0 Å². The number of ketones is 3. The highest BCUT2D eigenvalue weighted by Gasteiger charge is 2.63. The lowest BCUT2D eigenvalue weighted by molar-refractivity contribution is -0.140. The average Bonchev–Trinajstić information content (AvgIpc) is 2.85. The molecule has 0 bridgehead atoms. The van der Waals surface area contributed by atoms with Crippen LogP contribution in [-0.2, 0) is 19.2 Å². The monoisotopic (exact) mass is 540 g/mol. The summed E-state index contributed by atoms with van der Waals surface area (Å²) in [5, 5.41) is 9.44. The third-order valence-corrected chi connectivity index (χ3v) is 10.6. The fourth-order valence-electron chi connectivity index (χ4n) is 8.57. The summed E-state index contributed by atoms with van der Waals surface area (Å²) in [6.45, 7) is 13.7. The van der Waals surface area contributed by atoms with Crippen LogP contribution >= 0.6 is 0 Å². The molecular formula is C35H40O5. The zero-order valence-corrected chi connectivity index (χ0v) is 24.8. The number of carbonyl (C=O) groups excluding carboxylic acids is 3. The fraction of sp³-hybridized carbons (Fsp3) is 0.486. The number of rotatable bonds is 4. The Balaban J connectivity index is 1.63. The van der Waals surface area contributed by atoms with Crippen LogP contribution in [-0.4, -0.2) is 28.4 Å². The van der Waals surface area contributed by atoms with Crippen molar-refractivity contribution in [2.24, 2.45) is 22.2 Å². The van der Waals surface area contributed by atoms with Crippen molar-refractivity contribution < 1.29 is 24.3 Å². The second kappa shape index (κ2) is 9.36. The fourth-order valence-corrected chi connectivity index (χ4v) is 8.57. The number of hydrogen-bond donors (Lipinski definition) is 1. The Bertz CT molecular complexity index is 1500. The molecule has 5 aliphatic rings. The van der Waals surface area contributed by atoms with Gasteiger partial charge in [0.25, 0.3) is 0 Å². The molecule has 210 valence electrons. The maximum Gasteiger partial charge on any atom is 0.310 e. The molecule has 5 heteroatoms. The van der Waals surface area contributed by atoms with Gasteiger partial charge in [0.2, 0.25) is 0 Å². The molecule has 0 heterocycles. The summed E-state index contributed by atoms with van der Waals surface area (Å²) in [5.41, 5.74) is 5.93. The molecule has 5 nitrogen and oxygen atoms in total. The highest BCUT2D eigenvalue weighted by atomic mass is 16.4. The Morgan fingerprint density at radius 2 is 1.70 bits per heavy atom. The predicted octanol–water partition coefficient (Wildman–Crippen LogP) is 7.13. The normalized spacial score (nSPS) is 34.3. The minimum atomic E-state index is -0.911. The number of fused-ring (bicyclic) bond motifs is 3. The van der Waals surface area contributed by atoms with Crippen LogP contribution in [0.1, 0.15) is 87.0 Å². The van der Waals surface area contributed by atoms with Crippen LogP contribution in [0.3, 0.4) is 0 Å². The molecule has 0 aromatic heterocycles. The topological polar surface area (TPSA) is 88.5 Å². The van der Waals surface area contributed by atoms with E-state index in [-0.39, 0.29) is 17.3 Å². The van der Waals surface area contributed by atoms with Crippen LogP contribution in [0.25, 0.3) is 0 Å². The lowest BCUT2D eigenvalue weighted by atomic mass is 9.42. The van der Waals surface area contributed by atoms with Gasteiger partial charge in [-0.2, -0.15) is 0 Å². The first-order chi connectivity index (χ1) is 18.6. The molecule has 0 aromatic rings. The highest BCUT2D eigenvalue weighted by molar-refractivity contribution is 6.24. The number of allylic oxidation sites excluding steroid dienone is 13. The highest BCUT2D eigenvalue weighted by Crippen LogP contribution is 2.67. The first-order valence-corrected chi connectivity index (χ1v) is 14.4. The van der Waals surface area contributed by atoms with Gasteiger partial charge in [-0.1, -0.05) is 60.9 Å². The van der Waals surface area contributed by atoms with Crippen molar-refractivity contribution in [1.82, 2.24) is 0 Å². The Morgan fingerprint density at radius 1 is 1.00 bits per heavy atom. The van der Waals surface area contributed by atoms with E-state index in [9.17, 15) is 24.3 Å². The summed E-state index contributed by atoms with van der Waals surface area (Å²) in [6.07, 6.45) is 13.9. The van der Waals surface area contributed by atoms with Crippen molar-refractivity contribution in [1.29, 1.82) is 0 Å². The Morgan fingerprint density at radius 3 is 2.35 bits per heavy atom. The lowest BCUT2D eigenvalue weighted by Crippen LogP contribution is -2.57. The third kappa shape index (κ3) is 3.95. The maximum absolute atomic E-state index is 14.4. The SMILES string of the molecule is CC(=O)C1=C(C)CC2(C)CC3(C)CC4=C(/C=C/C5=CC(C(=O)O)CC=C5)CCC(C)=C4C(=O)C3=C(C)C2(C)C1=O. The molecule has 4 atom stereocenters. The second-order valence-electron chi connectivity index (χ2n) is 13.4. The quantitative estimate of drug-likeness (QED) is 0.383. The van der Waals surface area contributed by atoms with Crippen LogP contribution in [0.2, 0.25) is 0 Å². The molecular weight excluding hydrogens is 500 g/mol. The van der Waals surface area contributed by atoms with Crippen LogP contribution in [0.15, 0.2) is 80.5 Å². The van der Waals surface area contributed by atoms with Crippen molar-refractivity contribution in [3.05, 3.63) is 80.5 Å². The Hall–Kier alpha value is -3.34. The average molecular weight is 541 g/mol. The van der Waals surface area contributed by atoms with E-state index in [1.807, 2.05) is 45.9 Å². The van der Waals surface area contributed by atoms with Gasteiger partial charge in [-0.05, 0) is 95.3 Å². The van der Waals surface area contributed by atoms with E-state index in [1.54, 1.807) is 6.08 Å². The Labute approximate surface area is 237 Å². The molecule has 0 spiro atoms. The van der Waals surface area contributed by atoms with Crippen LogP contribution < -0.4 is 0 Å². The minimum Gasteiger partial charge on any atom is -0.481 e. The van der Waals surface area contributed by atoms with Crippen LogP contribution in [0, 0.1) is 22.2 Å². The standard InChI is InChI=1S/C35H40O5/c1-19-11-13-24(14-12-23-9-8-10-25(15-23)32(39)40)26-17-33(5)18-34(6)16-20(2)27(22(4)36)31(38)35(34,7)21(3)29(33)30(37)28(19)26/h8-9,12,14-15,25H,10-11,13,16-18H2,1-7H3,(H,39,40)/b14-12+. The summed E-state index contributed by atoms with van der Waals surface area (Å²) in [4.78, 5) is 52.5. The Kier molecular flexibility index (Phi) is 6.60. The molecule has 0 aliphatic heterocycles. The first kappa shape index (κ1) is 28.2. The van der Waals surface area contributed by atoms with E-state index in [1.165, 1.54) is 6.92 Å². The van der Waals surface area contributed by atoms with Gasteiger partial charge in [0.05, 0.1) is 16.9 Å². The van der Waals surface area contributed by atoms with Gasteiger partial charge in [0, 0.05) is 16.6 Å². The van der Waals surface area contributed by atoms with Gasteiger partial charge < -0.3 is 5.11 Å². The molecule has 4 unspecified atom stereocenters. The molecule has 0 radical (unpaired) electrons. The summed E-state index contributed by atoms with van der Waals surface area (Å²) in [7, 11) is 0. The molecule has 1 saturated carbocycles. The van der Waals surface area contributed by atoms with E-state index in [0.717, 1.165) is 57.4 Å². The van der Waals surface area contributed by atoms with Crippen LogP contribution in [0.5, 0.6) is 0 Å². The van der Waals surface area contributed by atoms with Crippen molar-refractivity contribution >= 4 is 23.3 Å². The van der Waals surface area contributed by atoms with Gasteiger partial charge in [0.1, 0.15) is 0 Å². The van der Waals surface area contributed by atoms with E-state index in [4.69, 9.17) is 0 Å². The lowest BCUT2D eigenvalue weighted by Gasteiger charge is -2.59. The summed E-state index contributed by atoms with van der Waals surface area (Å²) >= 11 is 0. The van der Waals surface area contributed by atoms with Gasteiger partial charge in [-0.3, -0.25) is 19.2 Å². The zero-order chi connectivity index (χ0) is 29.4. The molecule has 5 rings (SSSR count). The van der Waals surface area contributed by atoms with E-state index < -0.39 is 28.1 Å². The predicted molar refractivity (Wildman–Crippen MR) is 155 cm³/mol. The van der Waals surface area contributed by atoms with Gasteiger partial charge in [0.15, 0.2) is 17.3 Å². The number of Topliss-reactive ketones (excluding diaryl/α,β-unsaturated/α-hetero) is 3. The zero-order valence-electron chi connectivity index (χ0n) is 24.8. The second-order valence-corrected chi connectivity index (χ2v) is 13.4. The van der Waals surface area contributed by atoms with Gasteiger partial charge in [-0.15, -0.1) is 0 Å². The largest absolute Gasteiger partial charge is 0.481 e. The van der Waals surface area contributed by atoms with Crippen molar-refractivity contribution in [2.45, 2.75) is 87.0 Å². The summed E-state index contributed by atoms with van der Waals surface area (Å²) in [5.74, 6) is -1.65.